The van der Waals surface area contributed by atoms with Gasteiger partial charge in [0.15, 0.2) is 5.75 Å². The van der Waals surface area contributed by atoms with Gasteiger partial charge in [-0.2, -0.15) is 0 Å². The highest BCUT2D eigenvalue weighted by atomic mass is 35.5. The van der Waals surface area contributed by atoms with E-state index in [-0.39, 0.29) is 22.0 Å². The minimum atomic E-state index is -3.97. The van der Waals surface area contributed by atoms with E-state index in [1.807, 2.05) is 0 Å². The molecule has 0 atom stereocenters. The Hall–Kier alpha value is -1.86. The summed E-state index contributed by atoms with van der Waals surface area (Å²) in [6.07, 6.45) is 1.45. The van der Waals surface area contributed by atoms with Crippen molar-refractivity contribution in [2.75, 3.05) is 0 Å². The third kappa shape index (κ3) is 3.32. The smallest absolute Gasteiger partial charge is 0.244 e. The van der Waals surface area contributed by atoms with E-state index in [0.29, 0.717) is 10.4 Å². The fourth-order valence-corrected chi connectivity index (χ4v) is 3.82. The first-order valence-electron chi connectivity index (χ1n) is 6.89. The maximum Gasteiger partial charge on any atom is 0.244 e. The number of phenolic OH excluding ortho intramolecular Hbond substituents is 1. The van der Waals surface area contributed by atoms with E-state index in [0.717, 1.165) is 5.56 Å². The van der Waals surface area contributed by atoms with Gasteiger partial charge in [0.2, 0.25) is 10.0 Å². The standard InChI is InChI=1S/C16H12Cl2N2O3S/c17-11-5-3-10(4-6-11)9-20-24(22,23)14-8-13(18)12-2-1-7-19-15(12)16(14)21/h1-8,20-21H,9H2. The van der Waals surface area contributed by atoms with Gasteiger partial charge in [-0.15, -0.1) is 0 Å². The van der Waals surface area contributed by atoms with Crippen molar-refractivity contribution in [3.8, 4) is 5.75 Å². The highest BCUT2D eigenvalue weighted by Crippen LogP contribution is 2.35. The molecular formula is C16H12Cl2N2O3S. The zero-order valence-corrected chi connectivity index (χ0v) is 14.5. The molecule has 0 saturated carbocycles. The van der Waals surface area contributed by atoms with E-state index in [2.05, 4.69) is 9.71 Å². The third-order valence-electron chi connectivity index (χ3n) is 3.45. The third-order valence-corrected chi connectivity index (χ3v) is 5.43. The summed E-state index contributed by atoms with van der Waals surface area (Å²) >= 11 is 11.9. The van der Waals surface area contributed by atoms with Crippen LogP contribution in [0.1, 0.15) is 5.56 Å². The van der Waals surface area contributed by atoms with Crippen molar-refractivity contribution < 1.29 is 13.5 Å². The molecule has 2 aromatic carbocycles. The lowest BCUT2D eigenvalue weighted by molar-refractivity contribution is 0.463. The molecule has 5 nitrogen and oxygen atoms in total. The maximum absolute atomic E-state index is 12.5. The Morgan fingerprint density at radius 2 is 1.83 bits per heavy atom. The number of fused-ring (bicyclic) bond motifs is 1. The molecule has 24 heavy (non-hydrogen) atoms. The van der Waals surface area contributed by atoms with Gasteiger partial charge >= 0.3 is 0 Å². The highest BCUT2D eigenvalue weighted by molar-refractivity contribution is 7.89. The van der Waals surface area contributed by atoms with Gasteiger partial charge in [-0.1, -0.05) is 35.3 Å². The Morgan fingerprint density at radius 3 is 2.54 bits per heavy atom. The summed E-state index contributed by atoms with van der Waals surface area (Å²) in [5.41, 5.74) is 0.865. The molecule has 0 aliphatic heterocycles. The molecule has 0 unspecified atom stereocenters. The molecule has 0 radical (unpaired) electrons. The average Bonchev–Trinajstić information content (AvgIpc) is 2.57. The predicted octanol–water partition coefficient (Wildman–Crippen LogP) is 3.73. The first kappa shape index (κ1) is 17.0. The predicted molar refractivity (Wildman–Crippen MR) is 93.9 cm³/mol. The van der Waals surface area contributed by atoms with Gasteiger partial charge in [0.25, 0.3) is 0 Å². The van der Waals surface area contributed by atoms with Gasteiger partial charge in [-0.05, 0) is 35.9 Å². The van der Waals surface area contributed by atoms with Crippen LogP contribution in [-0.2, 0) is 16.6 Å². The number of rotatable bonds is 4. The van der Waals surface area contributed by atoms with Crippen LogP contribution in [0.5, 0.6) is 5.75 Å². The number of sulfonamides is 1. The largest absolute Gasteiger partial charge is 0.504 e. The van der Waals surface area contributed by atoms with Gasteiger partial charge in [0.1, 0.15) is 10.4 Å². The number of halogens is 2. The Morgan fingerprint density at radius 1 is 1.12 bits per heavy atom. The van der Waals surface area contributed by atoms with E-state index in [1.54, 1.807) is 36.4 Å². The van der Waals surface area contributed by atoms with Crippen molar-refractivity contribution in [3.05, 3.63) is 64.3 Å². The number of hydrogen-bond donors (Lipinski definition) is 2. The Bertz CT molecular complexity index is 1010. The first-order valence-corrected chi connectivity index (χ1v) is 9.13. The summed E-state index contributed by atoms with van der Waals surface area (Å²) in [7, 11) is -3.97. The second-order valence-electron chi connectivity index (χ2n) is 5.06. The second-order valence-corrected chi connectivity index (χ2v) is 7.63. The number of hydrogen-bond acceptors (Lipinski definition) is 4. The summed E-state index contributed by atoms with van der Waals surface area (Å²) in [6.45, 7) is 0.0524. The van der Waals surface area contributed by atoms with Crippen LogP contribution in [0.4, 0.5) is 0 Å². The van der Waals surface area contributed by atoms with Gasteiger partial charge < -0.3 is 5.11 Å². The van der Waals surface area contributed by atoms with Crippen LogP contribution in [0.15, 0.2) is 53.6 Å². The number of aromatic hydroxyl groups is 1. The zero-order valence-electron chi connectivity index (χ0n) is 12.2. The van der Waals surface area contributed by atoms with Gasteiger partial charge in [-0.25, -0.2) is 13.1 Å². The second kappa shape index (κ2) is 6.57. The average molecular weight is 383 g/mol. The zero-order chi connectivity index (χ0) is 17.3. The van der Waals surface area contributed by atoms with Crippen LogP contribution in [-0.4, -0.2) is 18.5 Å². The van der Waals surface area contributed by atoms with Crippen molar-refractivity contribution in [2.24, 2.45) is 0 Å². The molecule has 0 aliphatic rings. The quantitative estimate of drug-likeness (QED) is 0.720. The van der Waals surface area contributed by atoms with E-state index in [4.69, 9.17) is 23.2 Å². The Kier molecular flexibility index (Phi) is 4.64. The molecular weight excluding hydrogens is 371 g/mol. The molecule has 0 saturated heterocycles. The molecule has 8 heteroatoms. The first-order chi connectivity index (χ1) is 11.4. The van der Waals surface area contributed by atoms with Gasteiger partial charge in [0, 0.05) is 23.2 Å². The molecule has 0 bridgehead atoms. The fraction of sp³-hybridized carbons (Fsp3) is 0.0625. The molecule has 1 aromatic heterocycles. The van der Waals surface area contributed by atoms with Crippen LogP contribution in [0, 0.1) is 0 Å². The van der Waals surface area contributed by atoms with Crippen LogP contribution in [0.2, 0.25) is 10.0 Å². The fourth-order valence-electron chi connectivity index (χ4n) is 2.23. The lowest BCUT2D eigenvalue weighted by atomic mass is 10.2. The van der Waals surface area contributed by atoms with Gasteiger partial charge in [-0.3, -0.25) is 4.98 Å². The summed E-state index contributed by atoms with van der Waals surface area (Å²) in [5.74, 6) is -0.432. The van der Waals surface area contributed by atoms with E-state index in [1.165, 1.54) is 12.3 Å². The molecule has 124 valence electrons. The van der Waals surface area contributed by atoms with Crippen molar-refractivity contribution in [1.82, 2.24) is 9.71 Å². The van der Waals surface area contributed by atoms with Crippen LogP contribution >= 0.6 is 23.2 Å². The highest BCUT2D eigenvalue weighted by Gasteiger charge is 2.22. The van der Waals surface area contributed by atoms with E-state index < -0.39 is 15.8 Å². The number of phenols is 1. The number of aromatic nitrogens is 1. The Balaban J connectivity index is 1.96. The van der Waals surface area contributed by atoms with Crippen molar-refractivity contribution >= 4 is 44.1 Å². The SMILES string of the molecule is O=S(=O)(NCc1ccc(Cl)cc1)c1cc(Cl)c2cccnc2c1O. The Labute approximate surface area is 148 Å². The molecule has 0 amide bonds. The summed E-state index contributed by atoms with van der Waals surface area (Å²) in [5, 5.41) is 11.5. The van der Waals surface area contributed by atoms with Crippen LogP contribution < -0.4 is 4.72 Å². The minimum Gasteiger partial charge on any atom is -0.504 e. The van der Waals surface area contributed by atoms with Crippen LogP contribution in [0.3, 0.4) is 0 Å². The number of benzene rings is 2. The normalized spacial score (nSPS) is 11.8. The maximum atomic E-state index is 12.5. The molecule has 0 fully saturated rings. The summed E-state index contributed by atoms with van der Waals surface area (Å²) < 4.78 is 27.4. The summed E-state index contributed by atoms with van der Waals surface area (Å²) in [4.78, 5) is 3.69. The monoisotopic (exact) mass is 382 g/mol. The van der Waals surface area contributed by atoms with Crippen molar-refractivity contribution in [2.45, 2.75) is 11.4 Å². The number of nitrogens with zero attached hydrogens (tertiary/aromatic N) is 1. The molecule has 3 aromatic rings. The lowest BCUT2D eigenvalue weighted by Gasteiger charge is -2.11. The van der Waals surface area contributed by atoms with Crippen molar-refractivity contribution in [1.29, 1.82) is 0 Å². The van der Waals surface area contributed by atoms with E-state index >= 15 is 0 Å². The number of nitrogens with one attached hydrogen (secondary N) is 1. The van der Waals surface area contributed by atoms with Gasteiger partial charge in [0.05, 0.1) is 5.02 Å². The topological polar surface area (TPSA) is 79.3 Å². The van der Waals surface area contributed by atoms with Crippen molar-refractivity contribution in [3.63, 3.8) is 0 Å². The van der Waals surface area contributed by atoms with E-state index in [9.17, 15) is 13.5 Å². The molecule has 0 spiro atoms. The number of pyridine rings is 1. The minimum absolute atomic E-state index is 0.0524. The molecule has 3 rings (SSSR count). The summed E-state index contributed by atoms with van der Waals surface area (Å²) in [6, 6.07) is 11.3. The molecule has 0 aliphatic carbocycles. The van der Waals surface area contributed by atoms with Crippen LogP contribution in [0.25, 0.3) is 10.9 Å². The lowest BCUT2D eigenvalue weighted by Crippen LogP contribution is -2.23. The molecule has 1 heterocycles. The molecule has 2 N–H and O–H groups in total.